The largest absolute Gasteiger partial charge is 0.489 e. The zero-order valence-electron chi connectivity index (χ0n) is 11.0. The topological polar surface area (TPSA) is 61.8 Å². The number of methoxy groups -OCH3 is 1. The first kappa shape index (κ1) is 14.8. The summed E-state index contributed by atoms with van der Waals surface area (Å²) in [5.74, 6) is -0.366. The van der Waals surface area contributed by atoms with Crippen LogP contribution in [-0.2, 0) is 14.3 Å². The van der Waals surface area contributed by atoms with Crippen molar-refractivity contribution in [2.45, 2.75) is 6.92 Å². The smallest absolute Gasteiger partial charge is 0.338 e. The Morgan fingerprint density at radius 3 is 2.37 bits per heavy atom. The Morgan fingerprint density at radius 1 is 1.21 bits per heavy atom. The molecule has 0 amide bonds. The van der Waals surface area contributed by atoms with E-state index in [2.05, 4.69) is 11.3 Å². The minimum Gasteiger partial charge on any atom is -0.489 e. The molecule has 0 heterocycles. The molecule has 1 aromatic rings. The lowest BCUT2D eigenvalue weighted by molar-refractivity contribution is -0.136. The molecule has 0 saturated carbocycles. The van der Waals surface area contributed by atoms with E-state index in [-0.39, 0.29) is 18.1 Å². The second-order valence-electron chi connectivity index (χ2n) is 3.63. The van der Waals surface area contributed by atoms with Crippen LogP contribution in [0.25, 0.3) is 0 Å². The van der Waals surface area contributed by atoms with Gasteiger partial charge in [-0.15, -0.1) is 0 Å². The summed E-state index contributed by atoms with van der Waals surface area (Å²) in [6.07, 6.45) is 0. The molecule has 1 rings (SSSR count). The number of rotatable bonds is 6. The average molecular weight is 264 g/mol. The summed E-state index contributed by atoms with van der Waals surface area (Å²) >= 11 is 0. The molecule has 0 N–H and O–H groups in total. The fraction of sp³-hybridized carbons (Fsp3) is 0.286. The van der Waals surface area contributed by atoms with E-state index in [9.17, 15) is 9.59 Å². The highest BCUT2D eigenvalue weighted by Gasteiger charge is 2.08. The molecule has 0 atom stereocenters. The van der Waals surface area contributed by atoms with Crippen molar-refractivity contribution in [2.24, 2.45) is 0 Å². The third-order valence-corrected chi connectivity index (χ3v) is 2.25. The van der Waals surface area contributed by atoms with Gasteiger partial charge in [0.25, 0.3) is 0 Å². The van der Waals surface area contributed by atoms with Crippen LogP contribution in [0.15, 0.2) is 36.4 Å². The first-order valence-electron chi connectivity index (χ1n) is 5.74. The zero-order valence-corrected chi connectivity index (χ0v) is 11.0. The van der Waals surface area contributed by atoms with Gasteiger partial charge < -0.3 is 14.2 Å². The minimum absolute atomic E-state index is 0.0332. The standard InChI is InChI=1S/C14H16O5/c1-4-18-14(16)11-5-7-12(8-6-11)19-9-10(2)13(15)17-3/h5-8H,2,4,9H2,1,3H3. The van der Waals surface area contributed by atoms with Gasteiger partial charge in [0.1, 0.15) is 12.4 Å². The highest BCUT2D eigenvalue weighted by molar-refractivity contribution is 5.89. The van der Waals surface area contributed by atoms with Crippen molar-refractivity contribution in [3.8, 4) is 5.75 Å². The van der Waals surface area contributed by atoms with Crippen molar-refractivity contribution in [3.05, 3.63) is 42.0 Å². The van der Waals surface area contributed by atoms with Crippen molar-refractivity contribution in [1.82, 2.24) is 0 Å². The fourth-order valence-corrected chi connectivity index (χ4v) is 1.28. The predicted octanol–water partition coefficient (Wildman–Crippen LogP) is 1.97. The van der Waals surface area contributed by atoms with Gasteiger partial charge in [-0.1, -0.05) is 6.58 Å². The molecule has 0 aliphatic heterocycles. The normalized spacial score (nSPS) is 9.58. The maximum atomic E-state index is 11.4. The van der Waals surface area contributed by atoms with Crippen LogP contribution >= 0.6 is 0 Å². The van der Waals surface area contributed by atoms with Crippen LogP contribution in [0.3, 0.4) is 0 Å². The van der Waals surface area contributed by atoms with E-state index in [1.807, 2.05) is 0 Å². The molecule has 0 radical (unpaired) electrons. The lowest BCUT2D eigenvalue weighted by Crippen LogP contribution is -2.11. The second kappa shape index (κ2) is 7.20. The second-order valence-corrected chi connectivity index (χ2v) is 3.63. The number of ether oxygens (including phenoxy) is 3. The predicted molar refractivity (Wildman–Crippen MR) is 69.0 cm³/mol. The highest BCUT2D eigenvalue weighted by atomic mass is 16.5. The van der Waals surface area contributed by atoms with Crippen molar-refractivity contribution < 1.29 is 23.8 Å². The van der Waals surface area contributed by atoms with Crippen LogP contribution < -0.4 is 4.74 Å². The Morgan fingerprint density at radius 2 is 1.84 bits per heavy atom. The van der Waals surface area contributed by atoms with Crippen molar-refractivity contribution >= 4 is 11.9 Å². The number of esters is 2. The van der Waals surface area contributed by atoms with Crippen molar-refractivity contribution in [2.75, 3.05) is 20.3 Å². The van der Waals surface area contributed by atoms with Gasteiger partial charge in [0, 0.05) is 0 Å². The monoisotopic (exact) mass is 264 g/mol. The van der Waals surface area contributed by atoms with E-state index < -0.39 is 5.97 Å². The molecular weight excluding hydrogens is 248 g/mol. The SMILES string of the molecule is C=C(COc1ccc(C(=O)OCC)cc1)C(=O)OC. The Balaban J connectivity index is 2.55. The van der Waals surface area contributed by atoms with Gasteiger partial charge in [-0.25, -0.2) is 9.59 Å². The Bertz CT molecular complexity index is 461. The van der Waals surface area contributed by atoms with E-state index in [0.717, 1.165) is 0 Å². The fourth-order valence-electron chi connectivity index (χ4n) is 1.28. The molecule has 0 aromatic heterocycles. The van der Waals surface area contributed by atoms with Gasteiger partial charge in [0.15, 0.2) is 0 Å². The first-order valence-corrected chi connectivity index (χ1v) is 5.74. The van der Waals surface area contributed by atoms with E-state index >= 15 is 0 Å². The molecule has 5 nitrogen and oxygen atoms in total. The van der Waals surface area contributed by atoms with Crippen LogP contribution in [0.4, 0.5) is 0 Å². The summed E-state index contributed by atoms with van der Waals surface area (Å²) in [5.41, 5.74) is 0.665. The Hall–Kier alpha value is -2.30. The van der Waals surface area contributed by atoms with Gasteiger partial charge >= 0.3 is 11.9 Å². The number of carbonyl (C=O) groups excluding carboxylic acids is 2. The van der Waals surface area contributed by atoms with Gasteiger partial charge in [0.05, 0.1) is 24.9 Å². The Labute approximate surface area is 111 Å². The maximum absolute atomic E-state index is 11.4. The summed E-state index contributed by atoms with van der Waals surface area (Å²) in [6, 6.07) is 6.43. The lowest BCUT2D eigenvalue weighted by Gasteiger charge is -2.08. The average Bonchev–Trinajstić information content (AvgIpc) is 2.44. The van der Waals surface area contributed by atoms with Gasteiger partial charge in [0.2, 0.25) is 0 Å². The molecule has 19 heavy (non-hydrogen) atoms. The molecule has 102 valence electrons. The molecule has 1 aromatic carbocycles. The Kier molecular flexibility index (Phi) is 5.60. The van der Waals surface area contributed by atoms with E-state index in [1.165, 1.54) is 7.11 Å². The van der Waals surface area contributed by atoms with Crippen LogP contribution in [-0.4, -0.2) is 32.3 Å². The third-order valence-electron chi connectivity index (χ3n) is 2.25. The molecule has 5 heteroatoms. The highest BCUT2D eigenvalue weighted by Crippen LogP contribution is 2.14. The molecule has 0 aliphatic carbocycles. The summed E-state index contributed by atoms with van der Waals surface area (Å²) in [4.78, 5) is 22.5. The number of carbonyl (C=O) groups is 2. The van der Waals surface area contributed by atoms with E-state index in [1.54, 1.807) is 31.2 Å². The van der Waals surface area contributed by atoms with Crippen LogP contribution in [0, 0.1) is 0 Å². The first-order chi connectivity index (χ1) is 9.08. The van der Waals surface area contributed by atoms with Crippen LogP contribution in [0.2, 0.25) is 0 Å². The zero-order chi connectivity index (χ0) is 14.3. The molecule has 0 aliphatic rings. The quantitative estimate of drug-likeness (QED) is 0.580. The third kappa shape index (κ3) is 4.46. The van der Waals surface area contributed by atoms with Gasteiger partial charge in [-0.05, 0) is 31.2 Å². The summed E-state index contributed by atoms with van der Waals surface area (Å²) in [7, 11) is 1.28. The van der Waals surface area contributed by atoms with E-state index in [0.29, 0.717) is 17.9 Å². The minimum atomic E-state index is -0.511. The number of benzene rings is 1. The van der Waals surface area contributed by atoms with Crippen molar-refractivity contribution in [3.63, 3.8) is 0 Å². The van der Waals surface area contributed by atoms with Crippen LogP contribution in [0.5, 0.6) is 5.75 Å². The van der Waals surface area contributed by atoms with Gasteiger partial charge in [-0.3, -0.25) is 0 Å². The maximum Gasteiger partial charge on any atom is 0.338 e. The number of hydrogen-bond donors (Lipinski definition) is 0. The molecular formula is C14H16O5. The van der Waals surface area contributed by atoms with Crippen molar-refractivity contribution in [1.29, 1.82) is 0 Å². The molecule has 0 spiro atoms. The molecule has 0 saturated heterocycles. The molecule has 0 unspecified atom stereocenters. The molecule has 0 bridgehead atoms. The molecule has 0 fully saturated rings. The van der Waals surface area contributed by atoms with Crippen LogP contribution in [0.1, 0.15) is 17.3 Å². The lowest BCUT2D eigenvalue weighted by atomic mass is 10.2. The van der Waals surface area contributed by atoms with Gasteiger partial charge in [-0.2, -0.15) is 0 Å². The van der Waals surface area contributed by atoms with E-state index in [4.69, 9.17) is 9.47 Å². The summed E-state index contributed by atoms with van der Waals surface area (Å²) in [5, 5.41) is 0. The summed E-state index contributed by atoms with van der Waals surface area (Å²) < 4.78 is 14.7. The summed E-state index contributed by atoms with van der Waals surface area (Å²) in [6.45, 7) is 5.64. The number of hydrogen-bond acceptors (Lipinski definition) is 5.